The normalized spacial score (nSPS) is 13.6. The number of halogens is 1. The maximum atomic E-state index is 13.5. The maximum absolute atomic E-state index is 13.5. The molecule has 0 aliphatic carbocycles. The summed E-state index contributed by atoms with van der Waals surface area (Å²) in [4.78, 5) is 27.6. The summed E-state index contributed by atoms with van der Waals surface area (Å²) in [6.45, 7) is 4.62. The van der Waals surface area contributed by atoms with Crippen LogP contribution in [0.25, 0.3) is 5.57 Å². The number of ether oxygens (including phenoxy) is 2. The molecule has 170 valence electrons. The van der Waals surface area contributed by atoms with Crippen molar-refractivity contribution in [3.63, 3.8) is 0 Å². The molecule has 0 unspecified atom stereocenters. The first-order chi connectivity index (χ1) is 16.0. The van der Waals surface area contributed by atoms with Crippen LogP contribution in [0.5, 0.6) is 11.5 Å². The quantitative estimate of drug-likeness (QED) is 0.480. The summed E-state index contributed by atoms with van der Waals surface area (Å²) in [5, 5.41) is 3.07. The van der Waals surface area contributed by atoms with Crippen molar-refractivity contribution in [2.75, 3.05) is 18.5 Å². The van der Waals surface area contributed by atoms with Crippen molar-refractivity contribution in [3.8, 4) is 11.5 Å². The van der Waals surface area contributed by atoms with Crippen LogP contribution in [0.1, 0.15) is 25.2 Å². The second-order valence-electron chi connectivity index (χ2n) is 7.19. The Kier molecular flexibility index (Phi) is 6.44. The fraction of sp³-hybridized carbons (Fsp3) is 0.200. The minimum absolute atomic E-state index is 0.0198. The lowest BCUT2D eigenvalue weighted by atomic mass is 10.0. The van der Waals surface area contributed by atoms with E-state index in [4.69, 9.17) is 13.9 Å². The summed E-state index contributed by atoms with van der Waals surface area (Å²) in [5.74, 6) is 0.106. The number of nitrogens with zero attached hydrogens (tertiary/aromatic N) is 1. The Bertz CT molecular complexity index is 1190. The lowest BCUT2D eigenvalue weighted by molar-refractivity contribution is -0.137. The SMILES string of the molecule is CCOc1ccc(NC2=C(c3ccc(F)cc3)C(=O)N(Cc3ccco3)C2=O)cc1OCC. The Morgan fingerprint density at radius 3 is 2.33 bits per heavy atom. The van der Waals surface area contributed by atoms with E-state index in [-0.39, 0.29) is 17.8 Å². The van der Waals surface area contributed by atoms with Crippen LogP contribution < -0.4 is 14.8 Å². The molecule has 0 atom stereocenters. The molecule has 1 aromatic heterocycles. The van der Waals surface area contributed by atoms with Crippen molar-refractivity contribution < 1.29 is 27.9 Å². The molecule has 2 amide bonds. The molecule has 1 N–H and O–H groups in total. The molecule has 0 radical (unpaired) electrons. The van der Waals surface area contributed by atoms with Crippen LogP contribution in [0, 0.1) is 5.82 Å². The van der Waals surface area contributed by atoms with E-state index >= 15 is 0 Å². The van der Waals surface area contributed by atoms with Crippen LogP contribution in [0.15, 0.2) is 71.0 Å². The molecule has 2 heterocycles. The zero-order valence-electron chi connectivity index (χ0n) is 18.3. The third-order valence-electron chi connectivity index (χ3n) is 5.01. The highest BCUT2D eigenvalue weighted by Gasteiger charge is 2.39. The topological polar surface area (TPSA) is 81.0 Å². The summed E-state index contributed by atoms with van der Waals surface area (Å²) in [5.41, 5.74) is 1.20. The average Bonchev–Trinajstić information content (AvgIpc) is 3.40. The number of furan rings is 1. The van der Waals surface area contributed by atoms with Crippen molar-refractivity contribution in [3.05, 3.63) is 83.7 Å². The van der Waals surface area contributed by atoms with Crippen molar-refractivity contribution in [2.24, 2.45) is 0 Å². The van der Waals surface area contributed by atoms with Crippen molar-refractivity contribution in [2.45, 2.75) is 20.4 Å². The molecule has 0 fully saturated rings. The number of hydrogen-bond acceptors (Lipinski definition) is 6. The molecule has 8 heteroatoms. The van der Waals surface area contributed by atoms with E-state index in [1.54, 1.807) is 30.3 Å². The van der Waals surface area contributed by atoms with Crippen molar-refractivity contribution in [1.29, 1.82) is 0 Å². The van der Waals surface area contributed by atoms with E-state index in [9.17, 15) is 14.0 Å². The monoisotopic (exact) mass is 450 g/mol. The molecule has 3 aromatic rings. The van der Waals surface area contributed by atoms with E-state index < -0.39 is 17.6 Å². The van der Waals surface area contributed by atoms with Gasteiger partial charge in [-0.3, -0.25) is 14.5 Å². The smallest absolute Gasteiger partial charge is 0.278 e. The number of amides is 2. The van der Waals surface area contributed by atoms with E-state index in [2.05, 4.69) is 5.32 Å². The maximum Gasteiger partial charge on any atom is 0.278 e. The largest absolute Gasteiger partial charge is 0.490 e. The number of imide groups is 1. The zero-order valence-corrected chi connectivity index (χ0v) is 18.3. The Labute approximate surface area is 190 Å². The molecular weight excluding hydrogens is 427 g/mol. The predicted molar refractivity (Wildman–Crippen MR) is 120 cm³/mol. The Morgan fingerprint density at radius 2 is 1.67 bits per heavy atom. The third kappa shape index (κ3) is 4.59. The highest BCUT2D eigenvalue weighted by atomic mass is 19.1. The van der Waals surface area contributed by atoms with Crippen LogP contribution in [0.4, 0.5) is 10.1 Å². The first-order valence-corrected chi connectivity index (χ1v) is 10.6. The molecule has 4 rings (SSSR count). The highest BCUT2D eigenvalue weighted by Crippen LogP contribution is 2.35. The molecule has 1 aliphatic rings. The number of hydrogen-bond donors (Lipinski definition) is 1. The molecule has 33 heavy (non-hydrogen) atoms. The molecular formula is C25H23FN2O5. The van der Waals surface area contributed by atoms with Crippen LogP contribution in [0.3, 0.4) is 0 Å². The third-order valence-corrected chi connectivity index (χ3v) is 5.01. The van der Waals surface area contributed by atoms with Gasteiger partial charge in [0.25, 0.3) is 11.8 Å². The van der Waals surface area contributed by atoms with E-state index in [1.165, 1.54) is 30.5 Å². The van der Waals surface area contributed by atoms with Gasteiger partial charge in [-0.25, -0.2) is 4.39 Å². The number of rotatable bonds is 9. The summed E-state index contributed by atoms with van der Waals surface area (Å²) in [6.07, 6.45) is 1.48. The second-order valence-corrected chi connectivity index (χ2v) is 7.19. The molecule has 0 saturated carbocycles. The lowest BCUT2D eigenvalue weighted by Gasteiger charge is -2.15. The first kappa shape index (κ1) is 22.1. The number of carbonyl (C=O) groups is 2. The van der Waals surface area contributed by atoms with Gasteiger partial charge in [0.1, 0.15) is 17.3 Å². The van der Waals surface area contributed by atoms with Gasteiger partial charge >= 0.3 is 0 Å². The standard InChI is InChI=1S/C25H23FN2O5/c1-3-31-20-12-11-18(14-21(20)32-4-2)27-23-22(16-7-9-17(26)10-8-16)24(29)28(25(23)30)15-19-6-5-13-33-19/h5-14,27H,3-4,15H2,1-2H3. The fourth-order valence-corrected chi connectivity index (χ4v) is 3.55. The van der Waals surface area contributed by atoms with Gasteiger partial charge in [0, 0.05) is 11.8 Å². The van der Waals surface area contributed by atoms with Crippen LogP contribution >= 0.6 is 0 Å². The minimum atomic E-state index is -0.512. The molecule has 0 bridgehead atoms. The summed E-state index contributed by atoms with van der Waals surface area (Å²) in [7, 11) is 0. The van der Waals surface area contributed by atoms with Gasteiger partial charge in [-0.05, 0) is 55.8 Å². The zero-order chi connectivity index (χ0) is 23.4. The molecule has 0 spiro atoms. The van der Waals surface area contributed by atoms with Gasteiger partial charge in [-0.15, -0.1) is 0 Å². The lowest BCUT2D eigenvalue weighted by Crippen LogP contribution is -2.31. The second kappa shape index (κ2) is 9.60. The summed E-state index contributed by atoms with van der Waals surface area (Å²) >= 11 is 0. The van der Waals surface area contributed by atoms with E-state index in [1.807, 2.05) is 13.8 Å². The number of anilines is 1. The number of benzene rings is 2. The van der Waals surface area contributed by atoms with Gasteiger partial charge in [0.05, 0.1) is 31.6 Å². The van der Waals surface area contributed by atoms with Gasteiger partial charge in [-0.2, -0.15) is 0 Å². The number of carbonyl (C=O) groups excluding carboxylic acids is 2. The summed E-state index contributed by atoms with van der Waals surface area (Å²) < 4.78 is 30.1. The van der Waals surface area contributed by atoms with Crippen molar-refractivity contribution >= 4 is 23.1 Å². The first-order valence-electron chi connectivity index (χ1n) is 10.6. The van der Waals surface area contributed by atoms with Gasteiger partial charge in [0.15, 0.2) is 11.5 Å². The molecule has 0 saturated heterocycles. The average molecular weight is 450 g/mol. The Balaban J connectivity index is 1.73. The Hall–Kier alpha value is -4.07. The van der Waals surface area contributed by atoms with Gasteiger partial charge in [-0.1, -0.05) is 12.1 Å². The molecule has 1 aliphatic heterocycles. The van der Waals surface area contributed by atoms with Crippen LogP contribution in [0.2, 0.25) is 0 Å². The van der Waals surface area contributed by atoms with E-state index in [0.29, 0.717) is 41.7 Å². The molecule has 7 nitrogen and oxygen atoms in total. The molecule has 2 aromatic carbocycles. The highest BCUT2D eigenvalue weighted by molar-refractivity contribution is 6.36. The minimum Gasteiger partial charge on any atom is -0.490 e. The fourth-order valence-electron chi connectivity index (χ4n) is 3.55. The van der Waals surface area contributed by atoms with Gasteiger partial charge < -0.3 is 19.2 Å². The predicted octanol–water partition coefficient (Wildman–Crippen LogP) is 4.61. The Morgan fingerprint density at radius 1 is 0.939 bits per heavy atom. The van der Waals surface area contributed by atoms with Crippen LogP contribution in [-0.2, 0) is 16.1 Å². The van der Waals surface area contributed by atoms with Crippen LogP contribution in [-0.4, -0.2) is 29.9 Å². The van der Waals surface area contributed by atoms with Crippen molar-refractivity contribution in [1.82, 2.24) is 4.90 Å². The van der Waals surface area contributed by atoms with Gasteiger partial charge in [0.2, 0.25) is 0 Å². The van der Waals surface area contributed by atoms with E-state index in [0.717, 1.165) is 4.90 Å². The summed E-state index contributed by atoms with van der Waals surface area (Å²) in [6, 6.07) is 14.0. The number of nitrogens with one attached hydrogen (secondary N) is 1.